The Balaban J connectivity index is 1.58. The fraction of sp³-hybridized carbons (Fsp3) is 0.909. The van der Waals surface area contributed by atoms with Gasteiger partial charge in [-0.15, -0.1) is 0 Å². The lowest BCUT2D eigenvalue weighted by atomic mass is 9.42. The molecule has 0 aromatic rings. The smallest absolute Gasteiger partial charge is 0.176 e. The molecule has 1 aliphatic heterocycles. The molecule has 0 bridgehead atoms. The van der Waals surface area contributed by atoms with Crippen molar-refractivity contribution in [2.75, 3.05) is 13.2 Å². The van der Waals surface area contributed by atoms with Gasteiger partial charge < -0.3 is 19.7 Å². The van der Waals surface area contributed by atoms with Crippen LogP contribution in [0.5, 0.6) is 0 Å². The molecule has 1 unspecified atom stereocenters. The molecule has 1 heterocycles. The molecule has 26 heavy (non-hydrogen) atoms. The molecule has 0 amide bonds. The Hall–Kier alpha value is -0.420. The first-order valence-corrected chi connectivity index (χ1v) is 10.8. The van der Waals surface area contributed by atoms with E-state index >= 15 is 0 Å². The van der Waals surface area contributed by atoms with Gasteiger partial charge in [-0.3, -0.25) is 0 Å². The summed E-state index contributed by atoms with van der Waals surface area (Å²) in [7, 11) is 0. The summed E-state index contributed by atoms with van der Waals surface area (Å²) < 4.78 is 12.2. The highest BCUT2D eigenvalue weighted by atomic mass is 16.7. The molecule has 0 aromatic carbocycles. The average molecular weight is 367 g/mol. The van der Waals surface area contributed by atoms with E-state index in [0.717, 1.165) is 25.7 Å². The van der Waals surface area contributed by atoms with E-state index in [2.05, 4.69) is 26.8 Å². The second kappa shape index (κ2) is 8.30. The van der Waals surface area contributed by atoms with Crippen molar-refractivity contribution in [2.24, 2.45) is 23.2 Å². The van der Waals surface area contributed by atoms with Crippen molar-refractivity contribution in [3.05, 3.63) is 12.2 Å². The number of hydrogen-bond donors (Lipinski definition) is 2. The summed E-state index contributed by atoms with van der Waals surface area (Å²) in [5.74, 6) is 0.238. The molecule has 3 fully saturated rings. The van der Waals surface area contributed by atoms with Gasteiger partial charge in [-0.2, -0.15) is 0 Å². The fourth-order valence-corrected chi connectivity index (χ4v) is 6.00. The zero-order chi connectivity index (χ0) is 18.8. The Morgan fingerprint density at radius 2 is 1.85 bits per heavy atom. The van der Waals surface area contributed by atoms with Crippen LogP contribution in [-0.4, -0.2) is 41.4 Å². The predicted octanol–water partition coefficient (Wildman–Crippen LogP) is 4.05. The molecular weight excluding hydrogens is 328 g/mol. The SMILES string of the molecule is CCCCCCC[C@H](O)/C=C/[C@H]1[C@H](O)CC[C@@]2(C)[C@@H]1C(C)C21OCCO1. The standard InChI is InChI=1S/C22H38O4/c1-4-5-6-7-8-9-17(23)10-11-18-19(24)12-13-21(3)20(18)16(2)22(21)25-14-15-26-22/h10-11,16-20,23-24H,4-9,12-15H2,1-3H3/b11-10+/t16?,17-,18-,19+,20+,21-/m0/s1. The lowest BCUT2D eigenvalue weighted by Gasteiger charge is -2.68. The Morgan fingerprint density at radius 3 is 2.54 bits per heavy atom. The van der Waals surface area contributed by atoms with Gasteiger partial charge in [0.2, 0.25) is 0 Å². The van der Waals surface area contributed by atoms with Crippen molar-refractivity contribution < 1.29 is 19.7 Å². The maximum atomic E-state index is 10.6. The number of fused-ring (bicyclic) bond motifs is 2. The maximum absolute atomic E-state index is 10.6. The summed E-state index contributed by atoms with van der Waals surface area (Å²) in [4.78, 5) is 0. The van der Waals surface area contributed by atoms with Crippen molar-refractivity contribution in [1.29, 1.82) is 0 Å². The highest BCUT2D eigenvalue weighted by molar-refractivity contribution is 5.20. The molecular formula is C22H38O4. The minimum absolute atomic E-state index is 0.0394. The lowest BCUT2D eigenvalue weighted by molar-refractivity contribution is -0.380. The topological polar surface area (TPSA) is 58.9 Å². The van der Waals surface area contributed by atoms with E-state index in [0.29, 0.717) is 19.1 Å². The van der Waals surface area contributed by atoms with Gasteiger partial charge in [0.05, 0.1) is 25.4 Å². The number of ether oxygens (including phenoxy) is 2. The number of rotatable bonds is 8. The van der Waals surface area contributed by atoms with Crippen molar-refractivity contribution in [3.63, 3.8) is 0 Å². The minimum Gasteiger partial charge on any atom is -0.393 e. The third kappa shape index (κ3) is 3.39. The molecule has 2 aliphatic carbocycles. The highest BCUT2D eigenvalue weighted by Crippen LogP contribution is 2.69. The van der Waals surface area contributed by atoms with E-state index in [9.17, 15) is 10.2 Å². The first-order chi connectivity index (χ1) is 12.5. The van der Waals surface area contributed by atoms with Crippen LogP contribution in [0.1, 0.15) is 72.1 Å². The molecule has 1 saturated heterocycles. The van der Waals surface area contributed by atoms with Crippen LogP contribution in [-0.2, 0) is 9.47 Å². The summed E-state index contributed by atoms with van der Waals surface area (Å²) in [6.45, 7) is 8.02. The Morgan fingerprint density at radius 1 is 1.15 bits per heavy atom. The second-order valence-electron chi connectivity index (χ2n) is 8.93. The molecule has 0 aromatic heterocycles. The van der Waals surface area contributed by atoms with Gasteiger partial charge in [-0.1, -0.05) is 65.0 Å². The van der Waals surface area contributed by atoms with Crippen LogP contribution in [0.15, 0.2) is 12.2 Å². The first kappa shape index (κ1) is 20.3. The van der Waals surface area contributed by atoms with Crippen LogP contribution in [0.2, 0.25) is 0 Å². The van der Waals surface area contributed by atoms with Crippen LogP contribution < -0.4 is 0 Å². The monoisotopic (exact) mass is 366 g/mol. The van der Waals surface area contributed by atoms with Crippen LogP contribution >= 0.6 is 0 Å². The fourth-order valence-electron chi connectivity index (χ4n) is 6.00. The first-order valence-electron chi connectivity index (χ1n) is 10.8. The van der Waals surface area contributed by atoms with E-state index in [1.165, 1.54) is 25.7 Å². The van der Waals surface area contributed by atoms with Gasteiger partial charge in [0, 0.05) is 17.3 Å². The molecule has 3 rings (SSSR count). The third-order valence-corrected chi connectivity index (χ3v) is 7.36. The predicted molar refractivity (Wildman–Crippen MR) is 103 cm³/mol. The Bertz CT molecular complexity index is 485. The van der Waals surface area contributed by atoms with E-state index in [1.54, 1.807) is 0 Å². The van der Waals surface area contributed by atoms with Gasteiger partial charge in [0.1, 0.15) is 0 Å². The highest BCUT2D eigenvalue weighted by Gasteiger charge is 2.74. The van der Waals surface area contributed by atoms with E-state index in [1.807, 2.05) is 6.08 Å². The molecule has 6 atom stereocenters. The molecule has 1 spiro atoms. The summed E-state index contributed by atoms with van der Waals surface area (Å²) >= 11 is 0. The number of unbranched alkanes of at least 4 members (excludes halogenated alkanes) is 4. The Labute approximate surface area is 159 Å². The normalized spacial score (nSPS) is 39.9. The van der Waals surface area contributed by atoms with Gasteiger partial charge in [0.25, 0.3) is 0 Å². The molecule has 2 N–H and O–H groups in total. The second-order valence-corrected chi connectivity index (χ2v) is 8.93. The van der Waals surface area contributed by atoms with Crippen LogP contribution in [0.3, 0.4) is 0 Å². The molecule has 2 saturated carbocycles. The van der Waals surface area contributed by atoms with Gasteiger partial charge in [-0.05, 0) is 25.2 Å². The number of aliphatic hydroxyl groups excluding tert-OH is 2. The summed E-state index contributed by atoms with van der Waals surface area (Å²) in [5.41, 5.74) is -0.0394. The van der Waals surface area contributed by atoms with Crippen LogP contribution in [0.4, 0.5) is 0 Å². The quantitative estimate of drug-likeness (QED) is 0.503. The van der Waals surface area contributed by atoms with Crippen LogP contribution in [0, 0.1) is 23.2 Å². The van der Waals surface area contributed by atoms with Crippen molar-refractivity contribution in [2.45, 2.75) is 90.1 Å². The van der Waals surface area contributed by atoms with Gasteiger partial charge in [0.15, 0.2) is 5.79 Å². The summed E-state index contributed by atoms with van der Waals surface area (Å²) in [5, 5.41) is 20.9. The number of hydrogen-bond acceptors (Lipinski definition) is 4. The minimum atomic E-state index is -0.457. The van der Waals surface area contributed by atoms with Crippen molar-refractivity contribution in [1.82, 2.24) is 0 Å². The van der Waals surface area contributed by atoms with E-state index in [4.69, 9.17) is 9.47 Å². The lowest BCUT2D eigenvalue weighted by Crippen LogP contribution is -2.73. The molecule has 4 heteroatoms. The zero-order valence-electron chi connectivity index (χ0n) is 16.8. The zero-order valence-corrected chi connectivity index (χ0v) is 16.8. The largest absolute Gasteiger partial charge is 0.393 e. The van der Waals surface area contributed by atoms with Crippen LogP contribution in [0.25, 0.3) is 0 Å². The Kier molecular flexibility index (Phi) is 6.49. The van der Waals surface area contributed by atoms with Crippen molar-refractivity contribution in [3.8, 4) is 0 Å². The summed E-state index contributed by atoms with van der Waals surface area (Å²) in [6.07, 6.45) is 11.9. The molecule has 4 nitrogen and oxygen atoms in total. The third-order valence-electron chi connectivity index (χ3n) is 7.36. The van der Waals surface area contributed by atoms with E-state index < -0.39 is 11.9 Å². The average Bonchev–Trinajstić information content (AvgIpc) is 3.15. The van der Waals surface area contributed by atoms with Gasteiger partial charge >= 0.3 is 0 Å². The van der Waals surface area contributed by atoms with Gasteiger partial charge in [-0.25, -0.2) is 0 Å². The maximum Gasteiger partial charge on any atom is 0.176 e. The van der Waals surface area contributed by atoms with Crippen molar-refractivity contribution >= 4 is 0 Å². The summed E-state index contributed by atoms with van der Waals surface area (Å²) in [6, 6.07) is 0. The molecule has 3 aliphatic rings. The van der Waals surface area contributed by atoms with E-state index in [-0.39, 0.29) is 23.4 Å². The molecule has 150 valence electrons. The molecule has 0 radical (unpaired) electrons. The number of aliphatic hydroxyl groups is 2.